The molecule has 0 aliphatic heterocycles. The second-order valence-electron chi connectivity index (χ2n) is 5.12. The molecular formula is C17H14F2N4O2S2. The Bertz CT molecular complexity index is 905. The first kappa shape index (κ1) is 19.3. The highest BCUT2D eigenvalue weighted by molar-refractivity contribution is 8.00. The first-order chi connectivity index (χ1) is 13.1. The zero-order valence-corrected chi connectivity index (χ0v) is 15.7. The number of benzene rings is 1. The van der Waals surface area contributed by atoms with Crippen LogP contribution in [0.25, 0.3) is 17.1 Å². The SMILES string of the molecule is COC(=O)CSc1nnc(-c2cccnc2)n1-c1ccc(SC(F)F)cc1. The van der Waals surface area contributed by atoms with E-state index in [2.05, 4.69) is 19.9 Å². The number of carbonyl (C=O) groups excluding carboxylic acids is 1. The Kier molecular flexibility index (Phi) is 6.40. The quantitative estimate of drug-likeness (QED) is 0.434. The molecule has 10 heteroatoms. The van der Waals surface area contributed by atoms with Crippen LogP contribution in [0.5, 0.6) is 0 Å². The number of nitrogens with zero attached hydrogens (tertiary/aromatic N) is 4. The Morgan fingerprint density at radius 3 is 2.63 bits per heavy atom. The van der Waals surface area contributed by atoms with Gasteiger partial charge in [-0.05, 0) is 36.4 Å². The average Bonchev–Trinajstić information content (AvgIpc) is 3.11. The highest BCUT2D eigenvalue weighted by Gasteiger charge is 2.18. The predicted molar refractivity (Wildman–Crippen MR) is 99.2 cm³/mol. The molecule has 0 amide bonds. The number of hydrogen-bond acceptors (Lipinski definition) is 7. The molecule has 3 aromatic rings. The summed E-state index contributed by atoms with van der Waals surface area (Å²) < 4.78 is 31.5. The van der Waals surface area contributed by atoms with E-state index in [1.807, 2.05) is 6.07 Å². The largest absolute Gasteiger partial charge is 0.468 e. The van der Waals surface area contributed by atoms with E-state index in [-0.39, 0.29) is 11.7 Å². The molecule has 2 heterocycles. The zero-order valence-electron chi connectivity index (χ0n) is 14.1. The fourth-order valence-corrected chi connectivity index (χ4v) is 3.52. The Hall–Kier alpha value is -2.46. The minimum Gasteiger partial charge on any atom is -0.468 e. The van der Waals surface area contributed by atoms with Crippen LogP contribution in [0.15, 0.2) is 58.8 Å². The summed E-state index contributed by atoms with van der Waals surface area (Å²) in [6.45, 7) is 0. The van der Waals surface area contributed by atoms with Gasteiger partial charge in [0.1, 0.15) is 0 Å². The van der Waals surface area contributed by atoms with Gasteiger partial charge in [-0.25, -0.2) is 0 Å². The number of halogens is 2. The van der Waals surface area contributed by atoms with Gasteiger partial charge in [0, 0.05) is 28.5 Å². The van der Waals surface area contributed by atoms with Gasteiger partial charge in [0.25, 0.3) is 5.76 Å². The van der Waals surface area contributed by atoms with E-state index in [1.165, 1.54) is 18.9 Å². The second kappa shape index (κ2) is 8.96. The van der Waals surface area contributed by atoms with Crippen LogP contribution >= 0.6 is 23.5 Å². The van der Waals surface area contributed by atoms with Gasteiger partial charge in [0.2, 0.25) is 0 Å². The predicted octanol–water partition coefficient (Wildman–Crippen LogP) is 3.91. The number of esters is 1. The molecule has 0 bridgehead atoms. The topological polar surface area (TPSA) is 69.9 Å². The Morgan fingerprint density at radius 2 is 2.00 bits per heavy atom. The third-order valence-corrected chi connectivity index (χ3v) is 5.04. The molecule has 27 heavy (non-hydrogen) atoms. The molecule has 0 radical (unpaired) electrons. The van der Waals surface area contributed by atoms with Crippen LogP contribution in [0.4, 0.5) is 8.78 Å². The Morgan fingerprint density at radius 1 is 1.22 bits per heavy atom. The number of thioether (sulfide) groups is 2. The van der Waals surface area contributed by atoms with Crippen LogP contribution in [0, 0.1) is 0 Å². The van der Waals surface area contributed by atoms with Crippen LogP contribution in [0.1, 0.15) is 0 Å². The maximum atomic E-state index is 12.5. The van der Waals surface area contributed by atoms with Crippen molar-refractivity contribution in [1.82, 2.24) is 19.7 Å². The van der Waals surface area contributed by atoms with E-state index in [0.717, 1.165) is 5.56 Å². The molecule has 0 N–H and O–H groups in total. The van der Waals surface area contributed by atoms with Gasteiger partial charge in [-0.2, -0.15) is 8.78 Å². The van der Waals surface area contributed by atoms with Gasteiger partial charge in [-0.15, -0.1) is 10.2 Å². The third kappa shape index (κ3) is 4.83. The summed E-state index contributed by atoms with van der Waals surface area (Å²) in [6, 6.07) is 10.2. The zero-order chi connectivity index (χ0) is 19.2. The lowest BCUT2D eigenvalue weighted by Gasteiger charge is -2.11. The summed E-state index contributed by atoms with van der Waals surface area (Å²) in [5.41, 5.74) is 1.42. The minimum atomic E-state index is -2.48. The molecule has 0 aliphatic carbocycles. The molecular weight excluding hydrogens is 394 g/mol. The fraction of sp³-hybridized carbons (Fsp3) is 0.176. The normalized spacial score (nSPS) is 11.0. The van der Waals surface area contributed by atoms with Gasteiger partial charge < -0.3 is 4.74 Å². The van der Waals surface area contributed by atoms with Crippen molar-refractivity contribution in [3.05, 3.63) is 48.8 Å². The van der Waals surface area contributed by atoms with Crippen molar-refractivity contribution in [2.45, 2.75) is 15.8 Å². The van der Waals surface area contributed by atoms with Crippen molar-refractivity contribution in [2.24, 2.45) is 0 Å². The Balaban J connectivity index is 1.99. The molecule has 3 rings (SSSR count). The molecule has 6 nitrogen and oxygen atoms in total. The van der Waals surface area contributed by atoms with E-state index in [1.54, 1.807) is 47.3 Å². The van der Waals surface area contributed by atoms with Crippen LogP contribution < -0.4 is 0 Å². The maximum Gasteiger partial charge on any atom is 0.316 e. The molecule has 0 unspecified atom stereocenters. The monoisotopic (exact) mass is 408 g/mol. The average molecular weight is 408 g/mol. The van der Waals surface area contributed by atoms with E-state index in [4.69, 9.17) is 0 Å². The van der Waals surface area contributed by atoms with E-state index in [9.17, 15) is 13.6 Å². The number of rotatable bonds is 7. The van der Waals surface area contributed by atoms with Crippen LogP contribution in [-0.2, 0) is 9.53 Å². The fourth-order valence-electron chi connectivity index (χ4n) is 2.24. The van der Waals surface area contributed by atoms with Gasteiger partial charge in [0.05, 0.1) is 12.9 Å². The molecule has 0 spiro atoms. The smallest absolute Gasteiger partial charge is 0.316 e. The van der Waals surface area contributed by atoms with Crippen LogP contribution in [-0.4, -0.2) is 44.3 Å². The summed E-state index contributed by atoms with van der Waals surface area (Å²) >= 11 is 1.65. The van der Waals surface area contributed by atoms with Crippen molar-refractivity contribution in [3.63, 3.8) is 0 Å². The number of methoxy groups -OCH3 is 1. The van der Waals surface area contributed by atoms with Crippen molar-refractivity contribution in [1.29, 1.82) is 0 Å². The summed E-state index contributed by atoms with van der Waals surface area (Å²) in [6.07, 6.45) is 3.30. The van der Waals surface area contributed by atoms with Gasteiger partial charge in [-0.3, -0.25) is 14.3 Å². The molecule has 1 aromatic carbocycles. The third-order valence-electron chi connectivity index (χ3n) is 3.42. The van der Waals surface area contributed by atoms with E-state index >= 15 is 0 Å². The standard InChI is InChI=1S/C17H14F2N4O2S2/c1-25-14(24)10-26-17-22-21-15(11-3-2-8-20-9-11)23(17)12-4-6-13(7-5-12)27-16(18)19/h2-9,16H,10H2,1H3. The number of pyridine rings is 1. The van der Waals surface area contributed by atoms with Crippen molar-refractivity contribution < 1.29 is 18.3 Å². The summed E-state index contributed by atoms with van der Waals surface area (Å²) in [4.78, 5) is 16.0. The number of aromatic nitrogens is 4. The number of hydrogen-bond donors (Lipinski definition) is 0. The first-order valence-corrected chi connectivity index (χ1v) is 9.55. The van der Waals surface area contributed by atoms with Crippen molar-refractivity contribution in [3.8, 4) is 17.1 Å². The summed E-state index contributed by atoms with van der Waals surface area (Å²) in [5.74, 6) is -2.27. The molecule has 0 atom stereocenters. The Labute approximate surface area is 162 Å². The number of carbonyl (C=O) groups is 1. The minimum absolute atomic E-state index is 0.0704. The first-order valence-electron chi connectivity index (χ1n) is 7.69. The van der Waals surface area contributed by atoms with Crippen LogP contribution in [0.2, 0.25) is 0 Å². The summed E-state index contributed by atoms with van der Waals surface area (Å²) in [7, 11) is 1.31. The molecule has 0 saturated heterocycles. The molecule has 0 saturated carbocycles. The lowest BCUT2D eigenvalue weighted by atomic mass is 10.2. The molecule has 0 fully saturated rings. The maximum absolute atomic E-state index is 12.5. The summed E-state index contributed by atoms with van der Waals surface area (Å²) in [5, 5.41) is 8.85. The van der Waals surface area contributed by atoms with Gasteiger partial charge in [0.15, 0.2) is 11.0 Å². The van der Waals surface area contributed by atoms with Crippen LogP contribution in [0.3, 0.4) is 0 Å². The molecule has 0 aliphatic rings. The second-order valence-corrected chi connectivity index (χ2v) is 7.13. The number of ether oxygens (including phenoxy) is 1. The lowest BCUT2D eigenvalue weighted by Crippen LogP contribution is -2.05. The lowest BCUT2D eigenvalue weighted by molar-refractivity contribution is -0.137. The van der Waals surface area contributed by atoms with E-state index < -0.39 is 5.76 Å². The van der Waals surface area contributed by atoms with Gasteiger partial charge >= 0.3 is 5.97 Å². The number of alkyl halides is 2. The highest BCUT2D eigenvalue weighted by Crippen LogP contribution is 2.30. The van der Waals surface area contributed by atoms with Crippen molar-refractivity contribution >= 4 is 29.5 Å². The highest BCUT2D eigenvalue weighted by atomic mass is 32.2. The van der Waals surface area contributed by atoms with E-state index in [0.29, 0.717) is 33.3 Å². The van der Waals surface area contributed by atoms with Crippen molar-refractivity contribution in [2.75, 3.05) is 12.9 Å². The molecule has 2 aromatic heterocycles. The molecule has 140 valence electrons. The van der Waals surface area contributed by atoms with Gasteiger partial charge in [-0.1, -0.05) is 23.5 Å².